The third-order valence-electron chi connectivity index (χ3n) is 5.97. The summed E-state index contributed by atoms with van der Waals surface area (Å²) >= 11 is 11.5. The fourth-order valence-corrected chi connectivity index (χ4v) is 4.50. The molecule has 5 rings (SSSR count). The highest BCUT2D eigenvalue weighted by Crippen LogP contribution is 2.41. The topological polar surface area (TPSA) is 64.0 Å². The van der Waals surface area contributed by atoms with Crippen molar-refractivity contribution in [2.75, 3.05) is 5.32 Å². The van der Waals surface area contributed by atoms with Crippen LogP contribution in [0.1, 0.15) is 23.5 Å². The van der Waals surface area contributed by atoms with Crippen LogP contribution < -0.4 is 15.4 Å². The lowest BCUT2D eigenvalue weighted by atomic mass is 10.1. The zero-order valence-electron chi connectivity index (χ0n) is 19.5. The molecule has 1 aromatic heterocycles. The molecular formula is C26H21ClF3N5OS. The molecule has 6 nitrogen and oxygen atoms in total. The van der Waals surface area contributed by atoms with Crippen LogP contribution >= 0.6 is 23.8 Å². The van der Waals surface area contributed by atoms with Crippen LogP contribution in [0.2, 0.25) is 5.02 Å². The van der Waals surface area contributed by atoms with Crippen molar-refractivity contribution < 1.29 is 17.9 Å². The molecule has 190 valence electrons. The van der Waals surface area contributed by atoms with E-state index in [1.807, 2.05) is 49.4 Å². The summed E-state index contributed by atoms with van der Waals surface area (Å²) in [4.78, 5) is 4.34. The van der Waals surface area contributed by atoms with Crippen LogP contribution in [-0.2, 0) is 0 Å². The van der Waals surface area contributed by atoms with Gasteiger partial charge in [-0.2, -0.15) is 0 Å². The number of thiocarbonyl (C=S) groups is 1. The van der Waals surface area contributed by atoms with Gasteiger partial charge in [-0.15, -0.1) is 18.3 Å². The lowest BCUT2D eigenvalue weighted by Crippen LogP contribution is -2.31. The fraction of sp³-hybridized carbons (Fsp3) is 0.192. The van der Waals surface area contributed by atoms with Gasteiger partial charge in [-0.25, -0.2) is 9.67 Å². The second-order valence-corrected chi connectivity index (χ2v) is 9.53. The molecule has 0 radical (unpaired) electrons. The molecule has 2 N–H and O–H groups in total. The molecule has 1 heterocycles. The number of hydrogen-bond acceptors (Lipinski definition) is 4. The predicted molar refractivity (Wildman–Crippen MR) is 140 cm³/mol. The SMILES string of the molecule is Cc1cc(Cl)ccc1NC(=S)NC1CC1c1ccc(-c2ncn(-c3ccc(OC(F)(F)F)cc3)n2)cc1. The van der Waals surface area contributed by atoms with Crippen molar-refractivity contribution in [2.45, 2.75) is 31.7 Å². The van der Waals surface area contributed by atoms with Crippen molar-refractivity contribution in [3.05, 3.63) is 89.2 Å². The summed E-state index contributed by atoms with van der Waals surface area (Å²) in [7, 11) is 0. The number of benzene rings is 3. The first-order chi connectivity index (χ1) is 17.6. The van der Waals surface area contributed by atoms with E-state index in [9.17, 15) is 13.2 Å². The Balaban J connectivity index is 1.18. The van der Waals surface area contributed by atoms with Crippen LogP contribution in [0.4, 0.5) is 18.9 Å². The number of ether oxygens (including phenoxy) is 1. The summed E-state index contributed by atoms with van der Waals surface area (Å²) in [5.41, 5.74) is 4.52. The first-order valence-corrected chi connectivity index (χ1v) is 12.1. The molecule has 0 spiro atoms. The highest BCUT2D eigenvalue weighted by molar-refractivity contribution is 7.80. The van der Waals surface area contributed by atoms with Gasteiger partial charge in [0.2, 0.25) is 0 Å². The Morgan fingerprint density at radius 3 is 2.49 bits per heavy atom. The van der Waals surface area contributed by atoms with Gasteiger partial charge in [-0.05, 0) is 79.2 Å². The average molecular weight is 544 g/mol. The third-order valence-corrected chi connectivity index (χ3v) is 6.42. The summed E-state index contributed by atoms with van der Waals surface area (Å²) < 4.78 is 42.5. The van der Waals surface area contributed by atoms with Gasteiger partial charge in [0, 0.05) is 28.2 Å². The number of rotatable bonds is 6. The number of aryl methyl sites for hydroxylation is 1. The van der Waals surface area contributed by atoms with Crippen molar-refractivity contribution >= 4 is 34.6 Å². The molecule has 2 atom stereocenters. The number of alkyl halides is 3. The van der Waals surface area contributed by atoms with E-state index in [1.165, 1.54) is 40.8 Å². The fourth-order valence-electron chi connectivity index (χ4n) is 4.02. The molecule has 1 saturated carbocycles. The number of anilines is 1. The third kappa shape index (κ3) is 6.20. The lowest BCUT2D eigenvalue weighted by Gasteiger charge is -2.13. The van der Waals surface area contributed by atoms with Crippen molar-refractivity contribution in [3.8, 4) is 22.8 Å². The molecule has 4 aromatic rings. The molecule has 1 fully saturated rings. The van der Waals surface area contributed by atoms with Crippen LogP contribution in [0.15, 0.2) is 73.1 Å². The largest absolute Gasteiger partial charge is 0.573 e. The Hall–Kier alpha value is -3.63. The minimum absolute atomic E-state index is 0.250. The van der Waals surface area contributed by atoms with Crippen molar-refractivity contribution in [1.82, 2.24) is 20.1 Å². The smallest absolute Gasteiger partial charge is 0.406 e. The van der Waals surface area contributed by atoms with E-state index in [4.69, 9.17) is 23.8 Å². The van der Waals surface area contributed by atoms with Crippen LogP contribution in [0.5, 0.6) is 5.75 Å². The van der Waals surface area contributed by atoms with Gasteiger partial charge < -0.3 is 15.4 Å². The highest BCUT2D eigenvalue weighted by atomic mass is 35.5. The van der Waals surface area contributed by atoms with Crippen LogP contribution in [-0.4, -0.2) is 32.3 Å². The monoisotopic (exact) mass is 543 g/mol. The van der Waals surface area contributed by atoms with E-state index in [2.05, 4.69) is 25.5 Å². The number of halogens is 4. The first kappa shape index (κ1) is 25.0. The van der Waals surface area contributed by atoms with Crippen LogP contribution in [0.25, 0.3) is 17.1 Å². The Morgan fingerprint density at radius 1 is 1.08 bits per heavy atom. The van der Waals surface area contributed by atoms with Gasteiger partial charge in [0.15, 0.2) is 10.9 Å². The molecule has 2 unspecified atom stereocenters. The van der Waals surface area contributed by atoms with E-state index < -0.39 is 6.36 Å². The van der Waals surface area contributed by atoms with E-state index in [-0.39, 0.29) is 11.8 Å². The average Bonchev–Trinajstić information content (AvgIpc) is 3.42. The van der Waals surface area contributed by atoms with Gasteiger partial charge in [0.1, 0.15) is 12.1 Å². The van der Waals surface area contributed by atoms with Crippen molar-refractivity contribution in [1.29, 1.82) is 0 Å². The number of hydrogen-bond donors (Lipinski definition) is 2. The maximum atomic E-state index is 12.4. The Morgan fingerprint density at radius 2 is 1.81 bits per heavy atom. The Bertz CT molecular complexity index is 1420. The normalized spacial score (nSPS) is 16.8. The zero-order valence-corrected chi connectivity index (χ0v) is 21.0. The van der Waals surface area contributed by atoms with E-state index in [0.717, 1.165) is 23.2 Å². The summed E-state index contributed by atoms with van der Waals surface area (Å²) in [6, 6.07) is 19.3. The second kappa shape index (κ2) is 10.0. The molecule has 0 aliphatic heterocycles. The number of nitrogens with one attached hydrogen (secondary N) is 2. The molecule has 0 saturated heterocycles. The number of nitrogens with zero attached hydrogens (tertiary/aromatic N) is 3. The minimum atomic E-state index is -4.73. The summed E-state index contributed by atoms with van der Waals surface area (Å²) in [6.45, 7) is 1.97. The van der Waals surface area contributed by atoms with Gasteiger partial charge >= 0.3 is 6.36 Å². The van der Waals surface area contributed by atoms with E-state index in [1.54, 1.807) is 0 Å². The number of aromatic nitrogens is 3. The van der Waals surface area contributed by atoms with Crippen molar-refractivity contribution in [2.24, 2.45) is 0 Å². The van der Waals surface area contributed by atoms with Gasteiger partial charge in [-0.1, -0.05) is 35.9 Å². The molecule has 11 heteroatoms. The predicted octanol–water partition coefficient (Wildman–Crippen LogP) is 6.64. The lowest BCUT2D eigenvalue weighted by molar-refractivity contribution is -0.274. The molecule has 0 amide bonds. The molecule has 37 heavy (non-hydrogen) atoms. The van der Waals surface area contributed by atoms with Gasteiger partial charge in [0.05, 0.1) is 5.69 Å². The quantitative estimate of drug-likeness (QED) is 0.266. The minimum Gasteiger partial charge on any atom is -0.406 e. The van der Waals surface area contributed by atoms with Crippen molar-refractivity contribution in [3.63, 3.8) is 0 Å². The molecule has 0 bridgehead atoms. The molecule has 1 aliphatic rings. The summed E-state index contributed by atoms with van der Waals surface area (Å²) in [5, 5.41) is 12.3. The molecule has 1 aliphatic carbocycles. The Labute approximate surface area is 221 Å². The first-order valence-electron chi connectivity index (χ1n) is 11.4. The Kier molecular flexibility index (Phi) is 6.78. The summed E-state index contributed by atoms with van der Waals surface area (Å²) in [6.07, 6.45) is -2.24. The zero-order chi connectivity index (χ0) is 26.2. The maximum Gasteiger partial charge on any atom is 0.573 e. The van der Waals surface area contributed by atoms with E-state index in [0.29, 0.717) is 27.6 Å². The van der Waals surface area contributed by atoms with Crippen LogP contribution in [0, 0.1) is 6.92 Å². The summed E-state index contributed by atoms with van der Waals surface area (Å²) in [5.74, 6) is 0.566. The highest BCUT2D eigenvalue weighted by Gasteiger charge is 2.39. The van der Waals surface area contributed by atoms with Crippen LogP contribution in [0.3, 0.4) is 0 Å². The van der Waals surface area contributed by atoms with Gasteiger partial charge in [0.25, 0.3) is 0 Å². The maximum absolute atomic E-state index is 12.4. The van der Waals surface area contributed by atoms with Gasteiger partial charge in [-0.3, -0.25) is 0 Å². The molecule has 3 aromatic carbocycles. The standard InChI is InChI=1S/C26H21ClF3N5OS/c1-15-12-18(27)6-11-22(15)32-25(37)33-23-13-21(23)16-2-4-17(5-3-16)24-31-14-35(34-24)19-7-9-20(10-8-19)36-26(28,29)30/h2-12,14,21,23H,13H2,1H3,(H2,32,33,37). The van der Waals surface area contributed by atoms with E-state index >= 15 is 0 Å². The second-order valence-electron chi connectivity index (χ2n) is 8.68. The molecular weight excluding hydrogens is 523 g/mol.